The Morgan fingerprint density at radius 1 is 1.16 bits per heavy atom. The van der Waals surface area contributed by atoms with Crippen molar-refractivity contribution >= 4 is 5.97 Å². The zero-order valence-electron chi connectivity index (χ0n) is 10.6. The van der Waals surface area contributed by atoms with Gasteiger partial charge in [-0.1, -0.05) is 36.4 Å². The molecule has 1 aliphatic rings. The first-order valence-corrected chi connectivity index (χ1v) is 6.50. The summed E-state index contributed by atoms with van der Waals surface area (Å²) in [6, 6.07) is 13.4. The molecule has 0 N–H and O–H groups in total. The van der Waals surface area contributed by atoms with Gasteiger partial charge in [-0.2, -0.15) is 0 Å². The number of benzene rings is 1. The van der Waals surface area contributed by atoms with Crippen LogP contribution in [0.2, 0.25) is 0 Å². The van der Waals surface area contributed by atoms with Crippen molar-refractivity contribution in [2.45, 2.75) is 25.4 Å². The minimum Gasteiger partial charge on any atom is -0.456 e. The molecule has 1 fully saturated rings. The maximum atomic E-state index is 11.8. The van der Waals surface area contributed by atoms with Gasteiger partial charge in [0, 0.05) is 6.20 Å². The Balaban J connectivity index is 1.60. The smallest absolute Gasteiger partial charge is 0.357 e. The van der Waals surface area contributed by atoms with Gasteiger partial charge in [0.25, 0.3) is 0 Å². The predicted molar refractivity (Wildman–Crippen MR) is 71.8 cm³/mol. The molecule has 96 valence electrons. The van der Waals surface area contributed by atoms with E-state index in [9.17, 15) is 4.79 Å². The summed E-state index contributed by atoms with van der Waals surface area (Å²) in [5.41, 5.74) is 2.57. The van der Waals surface area contributed by atoms with E-state index in [-0.39, 0.29) is 12.6 Å². The van der Waals surface area contributed by atoms with Crippen LogP contribution in [0.3, 0.4) is 0 Å². The monoisotopic (exact) mass is 253 g/mol. The molecule has 1 saturated carbocycles. The molecule has 0 radical (unpaired) electrons. The number of rotatable bonds is 4. The fraction of sp³-hybridized carbons (Fsp3) is 0.250. The Hall–Kier alpha value is -2.16. The fourth-order valence-electron chi connectivity index (χ4n) is 1.98. The van der Waals surface area contributed by atoms with Crippen LogP contribution in [-0.2, 0) is 11.3 Å². The molecule has 3 nitrogen and oxygen atoms in total. The van der Waals surface area contributed by atoms with Gasteiger partial charge >= 0.3 is 5.97 Å². The van der Waals surface area contributed by atoms with Crippen LogP contribution in [0.15, 0.2) is 48.7 Å². The number of ether oxygens (including phenoxy) is 1. The molecule has 0 unspecified atom stereocenters. The van der Waals surface area contributed by atoms with Crippen LogP contribution in [0.5, 0.6) is 0 Å². The number of hydrogen-bond acceptors (Lipinski definition) is 3. The van der Waals surface area contributed by atoms with Gasteiger partial charge in [0.15, 0.2) is 0 Å². The topological polar surface area (TPSA) is 39.2 Å². The third-order valence-corrected chi connectivity index (χ3v) is 3.26. The largest absolute Gasteiger partial charge is 0.456 e. The highest BCUT2D eigenvalue weighted by atomic mass is 16.5. The van der Waals surface area contributed by atoms with Gasteiger partial charge in [-0.05, 0) is 36.0 Å². The second kappa shape index (κ2) is 5.22. The minimum atomic E-state index is -0.369. The van der Waals surface area contributed by atoms with E-state index in [2.05, 4.69) is 4.98 Å². The quantitative estimate of drug-likeness (QED) is 0.785. The third-order valence-electron chi connectivity index (χ3n) is 3.26. The molecule has 0 bridgehead atoms. The van der Waals surface area contributed by atoms with Crippen molar-refractivity contribution in [3.63, 3.8) is 0 Å². The van der Waals surface area contributed by atoms with Crippen molar-refractivity contribution in [3.05, 3.63) is 65.5 Å². The maximum absolute atomic E-state index is 11.8. The molecule has 0 saturated heterocycles. The van der Waals surface area contributed by atoms with Gasteiger partial charge in [-0.15, -0.1) is 0 Å². The van der Waals surface area contributed by atoms with E-state index in [0.717, 1.165) is 5.56 Å². The molecular weight excluding hydrogens is 238 g/mol. The van der Waals surface area contributed by atoms with E-state index in [1.807, 2.05) is 36.4 Å². The number of pyridine rings is 1. The van der Waals surface area contributed by atoms with Crippen molar-refractivity contribution in [1.82, 2.24) is 4.98 Å². The van der Waals surface area contributed by atoms with Crippen molar-refractivity contribution in [2.24, 2.45) is 0 Å². The van der Waals surface area contributed by atoms with Gasteiger partial charge in [0.1, 0.15) is 12.3 Å². The van der Waals surface area contributed by atoms with Crippen LogP contribution >= 0.6 is 0 Å². The summed E-state index contributed by atoms with van der Waals surface area (Å²) < 4.78 is 5.23. The van der Waals surface area contributed by atoms with Crippen molar-refractivity contribution < 1.29 is 9.53 Å². The normalized spacial score (nSPS) is 14.1. The average Bonchev–Trinajstić information content (AvgIpc) is 3.31. The lowest BCUT2D eigenvalue weighted by molar-refractivity contribution is 0.0465. The lowest BCUT2D eigenvalue weighted by atomic mass is 10.2. The summed E-state index contributed by atoms with van der Waals surface area (Å²) in [6.07, 6.45) is 4.26. The number of esters is 1. The maximum Gasteiger partial charge on any atom is 0.357 e. The summed E-state index contributed by atoms with van der Waals surface area (Å²) in [6.45, 7) is 0.283. The van der Waals surface area contributed by atoms with E-state index in [0.29, 0.717) is 11.6 Å². The molecule has 3 heteroatoms. The first-order valence-electron chi connectivity index (χ1n) is 6.50. The summed E-state index contributed by atoms with van der Waals surface area (Å²) >= 11 is 0. The van der Waals surface area contributed by atoms with E-state index < -0.39 is 0 Å². The summed E-state index contributed by atoms with van der Waals surface area (Å²) in [5.74, 6) is 0.285. The van der Waals surface area contributed by atoms with Crippen LogP contribution in [0.1, 0.15) is 40.4 Å². The average molecular weight is 253 g/mol. The van der Waals surface area contributed by atoms with Crippen LogP contribution in [0, 0.1) is 0 Å². The van der Waals surface area contributed by atoms with Crippen LogP contribution in [0.4, 0.5) is 0 Å². The van der Waals surface area contributed by atoms with E-state index in [1.165, 1.54) is 18.4 Å². The lowest BCUT2D eigenvalue weighted by Gasteiger charge is -2.05. The molecule has 0 atom stereocenters. The Morgan fingerprint density at radius 3 is 2.58 bits per heavy atom. The zero-order chi connectivity index (χ0) is 13.1. The first kappa shape index (κ1) is 11.9. The van der Waals surface area contributed by atoms with Crippen LogP contribution in [-0.4, -0.2) is 11.0 Å². The molecule has 1 aromatic carbocycles. The second-order valence-corrected chi connectivity index (χ2v) is 4.81. The van der Waals surface area contributed by atoms with E-state index in [1.54, 1.807) is 12.3 Å². The third kappa shape index (κ3) is 2.99. The Kier molecular flexibility index (Phi) is 3.27. The molecule has 19 heavy (non-hydrogen) atoms. The fourth-order valence-corrected chi connectivity index (χ4v) is 1.98. The van der Waals surface area contributed by atoms with Gasteiger partial charge < -0.3 is 4.74 Å². The Labute approximate surface area is 112 Å². The molecule has 1 heterocycles. The molecule has 1 aromatic heterocycles. The number of nitrogens with zero attached hydrogens (tertiary/aromatic N) is 1. The highest BCUT2D eigenvalue weighted by Crippen LogP contribution is 2.39. The zero-order valence-corrected chi connectivity index (χ0v) is 10.6. The number of aromatic nitrogens is 1. The van der Waals surface area contributed by atoms with Gasteiger partial charge in [-0.25, -0.2) is 9.78 Å². The molecule has 0 amide bonds. The van der Waals surface area contributed by atoms with Gasteiger partial charge in [0.2, 0.25) is 0 Å². The molecule has 0 spiro atoms. The number of hydrogen-bond donors (Lipinski definition) is 0. The van der Waals surface area contributed by atoms with Crippen LogP contribution < -0.4 is 0 Å². The molecular formula is C16H15NO2. The van der Waals surface area contributed by atoms with Gasteiger partial charge in [-0.3, -0.25) is 0 Å². The van der Waals surface area contributed by atoms with Crippen molar-refractivity contribution in [3.8, 4) is 0 Å². The summed E-state index contributed by atoms with van der Waals surface area (Å²) in [7, 11) is 0. The van der Waals surface area contributed by atoms with E-state index >= 15 is 0 Å². The summed E-state index contributed by atoms with van der Waals surface area (Å²) in [5, 5.41) is 0. The predicted octanol–water partition coefficient (Wildman–Crippen LogP) is 3.32. The molecule has 1 aliphatic carbocycles. The summed E-state index contributed by atoms with van der Waals surface area (Å²) in [4.78, 5) is 16.0. The minimum absolute atomic E-state index is 0.283. The van der Waals surface area contributed by atoms with E-state index in [4.69, 9.17) is 4.74 Å². The number of carbonyl (C=O) groups excluding carboxylic acids is 1. The van der Waals surface area contributed by atoms with Crippen LogP contribution in [0.25, 0.3) is 0 Å². The molecule has 2 aromatic rings. The Bertz CT molecular complexity index is 559. The molecule has 3 rings (SSSR count). The number of carbonyl (C=O) groups is 1. The SMILES string of the molecule is O=C(OCc1ccccc1)c1ccc(C2CC2)cn1. The Morgan fingerprint density at radius 2 is 1.95 bits per heavy atom. The highest BCUT2D eigenvalue weighted by molar-refractivity contribution is 5.87. The van der Waals surface area contributed by atoms with Crippen molar-refractivity contribution in [1.29, 1.82) is 0 Å². The van der Waals surface area contributed by atoms with Crippen molar-refractivity contribution in [2.75, 3.05) is 0 Å². The standard InChI is InChI=1S/C16H15NO2/c18-16(19-11-12-4-2-1-3-5-12)15-9-8-14(10-17-15)13-6-7-13/h1-5,8-10,13H,6-7,11H2. The lowest BCUT2D eigenvalue weighted by Crippen LogP contribution is -2.07. The molecule has 0 aliphatic heterocycles. The van der Waals surface area contributed by atoms with Gasteiger partial charge in [0.05, 0.1) is 0 Å². The second-order valence-electron chi connectivity index (χ2n) is 4.81. The highest BCUT2D eigenvalue weighted by Gasteiger charge is 2.23. The first-order chi connectivity index (χ1) is 9.33.